The highest BCUT2D eigenvalue weighted by molar-refractivity contribution is 5.75. The van der Waals surface area contributed by atoms with Crippen LogP contribution in [-0.2, 0) is 5.41 Å². The first-order valence-corrected chi connectivity index (χ1v) is 12.3. The number of hydrogen-bond acceptors (Lipinski definition) is 4. The lowest BCUT2D eigenvalue weighted by Crippen LogP contribution is -2.52. The molecular formula is C27H37N5. The summed E-state index contributed by atoms with van der Waals surface area (Å²) in [5.41, 5.74) is 5.56. The quantitative estimate of drug-likeness (QED) is 0.588. The van der Waals surface area contributed by atoms with Crippen LogP contribution in [0.5, 0.6) is 0 Å². The Morgan fingerprint density at radius 2 is 1.62 bits per heavy atom. The van der Waals surface area contributed by atoms with Crippen molar-refractivity contribution in [2.24, 2.45) is 0 Å². The number of likely N-dealkylation sites (tertiary alicyclic amines) is 1. The molecule has 0 unspecified atom stereocenters. The molecule has 0 atom stereocenters. The minimum Gasteiger partial charge on any atom is -0.377 e. The van der Waals surface area contributed by atoms with Crippen molar-refractivity contribution in [3.63, 3.8) is 0 Å². The van der Waals surface area contributed by atoms with Gasteiger partial charge in [0.05, 0.1) is 11.0 Å². The van der Waals surface area contributed by atoms with Crippen LogP contribution >= 0.6 is 0 Å². The van der Waals surface area contributed by atoms with E-state index >= 15 is 0 Å². The zero-order chi connectivity index (χ0) is 22.1. The predicted molar refractivity (Wildman–Crippen MR) is 134 cm³/mol. The molecule has 170 valence electrons. The van der Waals surface area contributed by atoms with Crippen LogP contribution in [-0.4, -0.2) is 60.9 Å². The van der Waals surface area contributed by atoms with Crippen LogP contribution in [0.15, 0.2) is 54.9 Å². The summed E-state index contributed by atoms with van der Waals surface area (Å²) >= 11 is 0. The number of hydrogen-bond donors (Lipinski definition) is 0. The average molecular weight is 432 g/mol. The summed E-state index contributed by atoms with van der Waals surface area (Å²) in [5, 5.41) is 2.47. The number of imidazole rings is 1. The number of benzene rings is 2. The van der Waals surface area contributed by atoms with Crippen LogP contribution in [0.4, 0.5) is 5.69 Å². The molecule has 5 heteroatoms. The number of para-hydroxylation sites is 3. The van der Waals surface area contributed by atoms with Gasteiger partial charge in [-0.25, -0.2) is 9.66 Å². The molecule has 0 aliphatic carbocycles. The molecule has 0 spiro atoms. The number of piperidine rings is 2. The average Bonchev–Trinajstić information content (AvgIpc) is 3.28. The smallest absolute Gasteiger partial charge is 0.116 e. The Bertz CT molecular complexity index is 1040. The Hall–Kier alpha value is -2.53. The Morgan fingerprint density at radius 3 is 2.34 bits per heavy atom. The highest BCUT2D eigenvalue weighted by atomic mass is 15.6. The second-order valence-corrected chi connectivity index (χ2v) is 9.84. The summed E-state index contributed by atoms with van der Waals surface area (Å²) in [6, 6.07) is 18.2. The fraction of sp³-hybridized carbons (Fsp3) is 0.519. The van der Waals surface area contributed by atoms with E-state index in [-0.39, 0.29) is 0 Å². The predicted octanol–water partition coefficient (Wildman–Crippen LogP) is 4.65. The molecule has 0 saturated carbocycles. The molecule has 3 heterocycles. The summed E-state index contributed by atoms with van der Waals surface area (Å²) in [6.45, 7) is 7.02. The van der Waals surface area contributed by atoms with Gasteiger partial charge in [0.15, 0.2) is 0 Å². The summed E-state index contributed by atoms with van der Waals surface area (Å²) in [6.07, 6.45) is 8.21. The third-order valence-corrected chi connectivity index (χ3v) is 8.09. The van der Waals surface area contributed by atoms with Gasteiger partial charge in [0.1, 0.15) is 6.33 Å². The number of aromatic nitrogens is 2. The van der Waals surface area contributed by atoms with Gasteiger partial charge in [-0.15, -0.1) is 0 Å². The second kappa shape index (κ2) is 8.78. The van der Waals surface area contributed by atoms with E-state index in [0.29, 0.717) is 11.5 Å². The molecule has 2 aliphatic heterocycles. The van der Waals surface area contributed by atoms with Gasteiger partial charge in [0.2, 0.25) is 0 Å². The zero-order valence-corrected chi connectivity index (χ0v) is 19.9. The Balaban J connectivity index is 1.24. The third-order valence-electron chi connectivity index (χ3n) is 8.09. The highest BCUT2D eigenvalue weighted by Gasteiger charge is 2.38. The molecule has 5 nitrogen and oxygen atoms in total. The molecule has 32 heavy (non-hydrogen) atoms. The van der Waals surface area contributed by atoms with E-state index in [4.69, 9.17) is 0 Å². The Labute approximate surface area is 192 Å². The molecule has 0 amide bonds. The van der Waals surface area contributed by atoms with Crippen molar-refractivity contribution < 1.29 is 0 Å². The minimum absolute atomic E-state index is 0.313. The van der Waals surface area contributed by atoms with E-state index in [9.17, 15) is 0 Å². The fourth-order valence-corrected chi connectivity index (χ4v) is 6.05. The summed E-state index contributed by atoms with van der Waals surface area (Å²) in [5.74, 6) is 0. The van der Waals surface area contributed by atoms with Crippen molar-refractivity contribution >= 4 is 16.7 Å². The first kappa shape index (κ1) is 21.3. The van der Waals surface area contributed by atoms with Crippen molar-refractivity contribution in [2.45, 2.75) is 50.5 Å². The van der Waals surface area contributed by atoms with Gasteiger partial charge in [-0.1, -0.05) is 37.3 Å². The third kappa shape index (κ3) is 3.77. The van der Waals surface area contributed by atoms with Crippen LogP contribution in [0, 0.1) is 0 Å². The van der Waals surface area contributed by atoms with Crippen molar-refractivity contribution in [2.75, 3.05) is 50.2 Å². The number of rotatable bonds is 5. The van der Waals surface area contributed by atoms with Gasteiger partial charge in [0.25, 0.3) is 0 Å². The van der Waals surface area contributed by atoms with Crippen LogP contribution in [0.3, 0.4) is 0 Å². The molecule has 2 aliphatic rings. The van der Waals surface area contributed by atoms with E-state index in [1.807, 2.05) is 6.33 Å². The zero-order valence-electron chi connectivity index (χ0n) is 19.9. The van der Waals surface area contributed by atoms with Crippen LogP contribution < -0.4 is 9.91 Å². The molecule has 0 bridgehead atoms. The van der Waals surface area contributed by atoms with Crippen LogP contribution in [0.2, 0.25) is 0 Å². The molecule has 3 aromatic rings. The van der Waals surface area contributed by atoms with E-state index in [0.717, 1.165) is 18.6 Å². The Kier molecular flexibility index (Phi) is 5.85. The number of anilines is 1. The highest BCUT2D eigenvalue weighted by Crippen LogP contribution is 2.43. The first-order valence-electron chi connectivity index (χ1n) is 12.3. The van der Waals surface area contributed by atoms with E-state index in [1.54, 1.807) is 5.56 Å². The number of fused-ring (bicyclic) bond motifs is 1. The van der Waals surface area contributed by atoms with Gasteiger partial charge in [-0.2, -0.15) is 0 Å². The fourth-order valence-electron chi connectivity index (χ4n) is 6.05. The van der Waals surface area contributed by atoms with Gasteiger partial charge >= 0.3 is 0 Å². The summed E-state index contributed by atoms with van der Waals surface area (Å²) in [7, 11) is 4.35. The van der Waals surface area contributed by atoms with Gasteiger partial charge in [-0.05, 0) is 74.4 Å². The SMILES string of the molecule is CCC1(c2ccccc2N(C)C)CCN(C2CCN(n3cnc4ccccc43)CC2)CC1. The topological polar surface area (TPSA) is 27.5 Å². The molecule has 1 aromatic heterocycles. The van der Waals surface area contributed by atoms with Crippen molar-refractivity contribution in [1.29, 1.82) is 0 Å². The molecule has 0 radical (unpaired) electrons. The van der Waals surface area contributed by atoms with Crippen LogP contribution in [0.25, 0.3) is 11.0 Å². The lowest BCUT2D eigenvalue weighted by molar-refractivity contribution is 0.0951. The van der Waals surface area contributed by atoms with Gasteiger partial charge in [-0.3, -0.25) is 0 Å². The minimum atomic E-state index is 0.313. The summed E-state index contributed by atoms with van der Waals surface area (Å²) < 4.78 is 2.27. The largest absolute Gasteiger partial charge is 0.377 e. The van der Waals surface area contributed by atoms with E-state index in [1.165, 1.54) is 56.4 Å². The lowest BCUT2D eigenvalue weighted by atomic mass is 9.70. The molecule has 2 saturated heterocycles. The van der Waals surface area contributed by atoms with Crippen molar-refractivity contribution in [3.8, 4) is 0 Å². The molecule has 5 rings (SSSR count). The van der Waals surface area contributed by atoms with E-state index < -0.39 is 0 Å². The maximum atomic E-state index is 4.58. The first-order chi connectivity index (χ1) is 15.6. The number of nitrogens with zero attached hydrogens (tertiary/aromatic N) is 5. The van der Waals surface area contributed by atoms with Crippen molar-refractivity contribution in [3.05, 3.63) is 60.4 Å². The normalized spacial score (nSPS) is 20.0. The van der Waals surface area contributed by atoms with Gasteiger partial charge < -0.3 is 14.8 Å². The van der Waals surface area contributed by atoms with Gasteiger partial charge in [0, 0.05) is 38.9 Å². The second-order valence-electron chi connectivity index (χ2n) is 9.84. The van der Waals surface area contributed by atoms with Crippen molar-refractivity contribution in [1.82, 2.24) is 14.6 Å². The standard InChI is InChI=1S/C27H37N5/c1-4-27(23-9-5-7-11-25(23)29(2)3)15-19-30(20-16-27)22-13-17-31(18-14-22)32-21-28-24-10-6-8-12-26(24)32/h5-12,21-22H,4,13-20H2,1-3H3. The maximum Gasteiger partial charge on any atom is 0.116 e. The summed E-state index contributed by atoms with van der Waals surface area (Å²) in [4.78, 5) is 9.66. The molecule has 0 N–H and O–H groups in total. The maximum absolute atomic E-state index is 4.58. The molecule has 2 aromatic carbocycles. The monoisotopic (exact) mass is 431 g/mol. The molecular weight excluding hydrogens is 394 g/mol. The van der Waals surface area contributed by atoms with Crippen LogP contribution in [0.1, 0.15) is 44.6 Å². The molecule has 2 fully saturated rings. The van der Waals surface area contributed by atoms with E-state index in [2.05, 4.69) is 94.0 Å². The Morgan fingerprint density at radius 1 is 0.938 bits per heavy atom. The lowest BCUT2D eigenvalue weighted by Gasteiger charge is -2.47.